The van der Waals surface area contributed by atoms with Gasteiger partial charge < -0.3 is 42.7 Å². The Bertz CT molecular complexity index is 866. The van der Waals surface area contributed by atoms with E-state index >= 15 is 0 Å². The third-order valence-electron chi connectivity index (χ3n) is 3.69. The molecule has 0 saturated carbocycles. The smallest absolute Gasteiger partial charge is 0.480 e. The molecule has 0 aliphatic rings. The van der Waals surface area contributed by atoms with Crippen LogP contribution in [0.5, 0.6) is 35.3 Å². The minimum atomic E-state index is -1.55. The number of hydrogen-bond acceptors (Lipinski definition) is 12. The maximum atomic E-state index is 5.65. The normalized spacial score (nSPS) is 10.3. The van der Waals surface area contributed by atoms with Gasteiger partial charge in [0.05, 0.1) is 60.9 Å². The SMILES string of the molecule is COc1cc(OC)n(OB(On2nc(OC)cc2OC)On2nc(OC)cc2OC)n1. The zero-order valence-corrected chi connectivity index (χ0v) is 17.7. The summed E-state index contributed by atoms with van der Waals surface area (Å²) in [6.45, 7) is 0. The maximum absolute atomic E-state index is 5.65. The van der Waals surface area contributed by atoms with Crippen LogP contribution >= 0.6 is 0 Å². The van der Waals surface area contributed by atoms with Gasteiger partial charge in [-0.05, 0) is 0 Å². The highest BCUT2D eigenvalue weighted by molar-refractivity contribution is 6.37. The van der Waals surface area contributed by atoms with Crippen molar-refractivity contribution in [3.63, 3.8) is 0 Å². The molecule has 0 amide bonds. The van der Waals surface area contributed by atoms with Gasteiger partial charge in [0.15, 0.2) is 0 Å². The highest BCUT2D eigenvalue weighted by atomic mass is 16.9. The Morgan fingerprint density at radius 1 is 0.516 bits per heavy atom. The summed E-state index contributed by atoms with van der Waals surface area (Å²) < 4.78 is 47.8. The van der Waals surface area contributed by atoms with E-state index in [1.165, 1.54) is 60.9 Å². The van der Waals surface area contributed by atoms with Crippen molar-refractivity contribution in [1.82, 2.24) is 29.8 Å². The van der Waals surface area contributed by atoms with Crippen molar-refractivity contribution in [1.29, 1.82) is 0 Å². The van der Waals surface area contributed by atoms with Gasteiger partial charge in [0.1, 0.15) is 0 Å². The number of rotatable bonds is 12. The van der Waals surface area contributed by atoms with Crippen LogP contribution in [0.15, 0.2) is 18.2 Å². The first kappa shape index (κ1) is 21.6. The van der Waals surface area contributed by atoms with Gasteiger partial charge in [-0.15, -0.1) is 0 Å². The highest BCUT2D eigenvalue weighted by Crippen LogP contribution is 2.20. The second-order valence-corrected chi connectivity index (χ2v) is 5.41. The van der Waals surface area contributed by atoms with Crippen LogP contribution in [0.2, 0.25) is 0 Å². The van der Waals surface area contributed by atoms with Crippen molar-refractivity contribution in [2.24, 2.45) is 0 Å². The van der Waals surface area contributed by atoms with Crippen LogP contribution in [0.4, 0.5) is 0 Å². The topological polar surface area (TPSA) is 137 Å². The third-order valence-corrected chi connectivity index (χ3v) is 3.69. The van der Waals surface area contributed by atoms with E-state index in [1.807, 2.05) is 0 Å². The Kier molecular flexibility index (Phi) is 6.69. The molecule has 31 heavy (non-hydrogen) atoms. The molecule has 3 aromatic rings. The first-order valence-electron chi connectivity index (χ1n) is 8.60. The van der Waals surface area contributed by atoms with E-state index in [0.717, 1.165) is 14.5 Å². The Hall–Kier alpha value is -4.11. The summed E-state index contributed by atoms with van der Waals surface area (Å²) in [7, 11) is 7.06. The number of ether oxygens (including phenoxy) is 6. The van der Waals surface area contributed by atoms with Crippen molar-refractivity contribution in [2.45, 2.75) is 0 Å². The van der Waals surface area contributed by atoms with Gasteiger partial charge in [0.25, 0.3) is 17.6 Å². The first-order chi connectivity index (χ1) is 15.0. The van der Waals surface area contributed by atoms with Gasteiger partial charge in [-0.1, -0.05) is 29.8 Å². The lowest BCUT2D eigenvalue weighted by atomic mass is 10.3. The molecule has 0 spiro atoms. The minimum Gasteiger partial charge on any atom is -0.480 e. The molecule has 0 N–H and O–H groups in total. The summed E-state index contributed by atoms with van der Waals surface area (Å²) in [4.78, 5) is 2.97. The summed E-state index contributed by atoms with van der Waals surface area (Å²) in [5.41, 5.74) is 0. The average molecular weight is 440 g/mol. The van der Waals surface area contributed by atoms with E-state index in [1.54, 1.807) is 0 Å². The predicted molar refractivity (Wildman–Crippen MR) is 101 cm³/mol. The van der Waals surface area contributed by atoms with Crippen LogP contribution in [0.1, 0.15) is 0 Å². The molecule has 15 nitrogen and oxygen atoms in total. The summed E-state index contributed by atoms with van der Waals surface area (Å²) in [5.74, 6) is 1.28. The highest BCUT2D eigenvalue weighted by Gasteiger charge is 2.38. The zero-order valence-electron chi connectivity index (χ0n) is 17.7. The standard InChI is InChI=1S/C15H21BN6O9/c1-23-10-7-13(26-4)20(17-10)29-16(30-21-14(27-5)8-11(18-21)24-2)31-22-15(28-6)9-12(19-22)25-3/h7-9H,1-6H3. The number of nitrogens with zero attached hydrogens (tertiary/aromatic N) is 6. The molecule has 3 aromatic heterocycles. The molecule has 168 valence electrons. The summed E-state index contributed by atoms with van der Waals surface area (Å²) in [6, 6.07) is 4.48. The first-order valence-corrected chi connectivity index (χ1v) is 8.60. The Labute approximate surface area is 176 Å². The van der Waals surface area contributed by atoms with Gasteiger partial charge in [-0.25, -0.2) is 0 Å². The van der Waals surface area contributed by atoms with Crippen molar-refractivity contribution in [3.8, 4) is 35.3 Å². The van der Waals surface area contributed by atoms with Crippen molar-refractivity contribution in [2.75, 3.05) is 42.7 Å². The minimum absolute atomic E-state index is 0.198. The maximum Gasteiger partial charge on any atom is 0.929 e. The van der Waals surface area contributed by atoms with Crippen LogP contribution in [-0.4, -0.2) is 79.8 Å². The fourth-order valence-corrected chi connectivity index (χ4v) is 2.22. The molecule has 16 heteroatoms. The molecular formula is C15H21BN6O9. The van der Waals surface area contributed by atoms with Crippen molar-refractivity contribution >= 4 is 7.32 Å². The van der Waals surface area contributed by atoms with Crippen LogP contribution in [0, 0.1) is 0 Å². The molecule has 0 bridgehead atoms. The lowest BCUT2D eigenvalue weighted by Crippen LogP contribution is -2.49. The molecule has 3 rings (SSSR count). The Morgan fingerprint density at radius 3 is 1.03 bits per heavy atom. The lowest BCUT2D eigenvalue weighted by Gasteiger charge is -2.16. The van der Waals surface area contributed by atoms with E-state index in [-0.39, 0.29) is 35.3 Å². The molecular weight excluding hydrogens is 419 g/mol. The van der Waals surface area contributed by atoms with E-state index in [2.05, 4.69) is 15.3 Å². The van der Waals surface area contributed by atoms with E-state index in [4.69, 9.17) is 42.7 Å². The third kappa shape index (κ3) is 4.73. The molecule has 0 atom stereocenters. The van der Waals surface area contributed by atoms with Crippen LogP contribution < -0.4 is 42.7 Å². The average Bonchev–Trinajstić information content (AvgIpc) is 3.49. The number of aromatic nitrogens is 6. The van der Waals surface area contributed by atoms with Gasteiger partial charge in [0.2, 0.25) is 17.6 Å². The van der Waals surface area contributed by atoms with E-state index in [0.29, 0.717) is 0 Å². The molecule has 0 aromatic carbocycles. The van der Waals surface area contributed by atoms with Crippen LogP contribution in [0.3, 0.4) is 0 Å². The Morgan fingerprint density at radius 2 is 0.806 bits per heavy atom. The van der Waals surface area contributed by atoms with Crippen molar-refractivity contribution in [3.05, 3.63) is 18.2 Å². The zero-order chi connectivity index (χ0) is 22.4. The van der Waals surface area contributed by atoms with Gasteiger partial charge >= 0.3 is 7.32 Å². The summed E-state index contributed by atoms with van der Waals surface area (Å²) >= 11 is 0. The molecule has 0 fully saturated rings. The monoisotopic (exact) mass is 440 g/mol. The molecule has 0 unspecified atom stereocenters. The largest absolute Gasteiger partial charge is 0.929 e. The molecule has 0 aliphatic carbocycles. The second kappa shape index (κ2) is 9.60. The quantitative estimate of drug-likeness (QED) is 0.320. The molecule has 0 saturated heterocycles. The van der Waals surface area contributed by atoms with Gasteiger partial charge in [-0.2, -0.15) is 0 Å². The van der Waals surface area contributed by atoms with Gasteiger partial charge in [0, 0.05) is 0 Å². The van der Waals surface area contributed by atoms with Crippen molar-refractivity contribution < 1.29 is 42.7 Å². The molecule has 0 radical (unpaired) electrons. The summed E-state index contributed by atoms with van der Waals surface area (Å²) in [5, 5.41) is 12.2. The predicted octanol–water partition coefficient (Wildman–Crippen LogP) is -1.00. The number of methoxy groups -OCH3 is 6. The van der Waals surface area contributed by atoms with E-state index in [9.17, 15) is 0 Å². The fraction of sp³-hybridized carbons (Fsp3) is 0.400. The number of hydrogen-bond donors (Lipinski definition) is 0. The van der Waals surface area contributed by atoms with Crippen LogP contribution in [-0.2, 0) is 0 Å². The van der Waals surface area contributed by atoms with E-state index < -0.39 is 7.32 Å². The lowest BCUT2D eigenvalue weighted by molar-refractivity contribution is 0.0220. The molecule has 0 aliphatic heterocycles. The second-order valence-electron chi connectivity index (χ2n) is 5.41. The fourth-order valence-electron chi connectivity index (χ4n) is 2.22. The van der Waals surface area contributed by atoms with Gasteiger partial charge in [-0.3, -0.25) is 0 Å². The molecule has 3 heterocycles. The Balaban J connectivity index is 1.92. The van der Waals surface area contributed by atoms with Crippen LogP contribution in [0.25, 0.3) is 0 Å². The summed E-state index contributed by atoms with van der Waals surface area (Å²) in [6.07, 6.45) is 0.